The molecule has 0 spiro atoms. The quantitative estimate of drug-likeness (QED) is 0.164. The number of anilines is 8. The maximum Gasteiger partial charge on any atom is 0.298 e. The monoisotopic (exact) mass is 1180 g/mol. The SMILES string of the molecule is Cc1cc2c(cc1N1c3cc(N4c5ccccc5C5(C)CCCCC45C)cc4c3B(c3oc5cc6c(cc5c3N4c3cc4c(cc3C)C(C)(C)CCC4(C)C)C(C)(C)CCC6(C)C)c3c1sc1cc4c(cc31)C(C)(C)CCC4(C)C)C(C)(C)CCC2(C)C. The molecule has 3 aliphatic heterocycles. The third-order valence-corrected chi connectivity index (χ3v) is 27.5. The molecule has 0 radical (unpaired) electrons. The van der Waals surface area contributed by atoms with Crippen molar-refractivity contribution in [2.75, 3.05) is 14.7 Å². The molecule has 8 aromatic rings. The summed E-state index contributed by atoms with van der Waals surface area (Å²) in [5.74, 6) is 0. The lowest BCUT2D eigenvalue weighted by molar-refractivity contribution is 0.195. The fourth-order valence-electron chi connectivity index (χ4n) is 19.7. The number of benzene rings is 6. The molecule has 0 N–H and O–H groups in total. The zero-order valence-corrected chi connectivity index (χ0v) is 58.1. The number of aryl methyl sites for hydroxylation is 2. The Bertz CT molecular complexity index is 4400. The Morgan fingerprint density at radius 3 is 1.36 bits per heavy atom. The van der Waals surface area contributed by atoms with Crippen molar-refractivity contribution in [3.63, 3.8) is 0 Å². The standard InChI is InChI=1S/C82H98BN3OS/c1-47-37-53-57(77(11,12)33-29-73(53,3)4)43-62(47)84-64-39-49(86-61-26-22-21-25-52(61)81(19)27-23-24-28-82(81,86)20)40-65-69(64)83(71-70(84)50-41-55-59(45-66(50)87-71)79(15,16)35-31-75(55,7)8)68-51-42-56-60(80(17,18)36-32-76(56,9)10)46-67(51)88-72(68)85(65)63-44-58-54(38-48(63)2)74(5,6)30-34-78(58,13)14/h21-22,25-26,37-46H,23-24,27-36H2,1-20H3. The van der Waals surface area contributed by atoms with E-state index < -0.39 is 0 Å². The van der Waals surface area contributed by atoms with Crippen molar-refractivity contribution in [3.05, 3.63) is 146 Å². The molecule has 0 saturated heterocycles. The van der Waals surface area contributed by atoms with Crippen LogP contribution >= 0.6 is 11.3 Å². The van der Waals surface area contributed by atoms with Gasteiger partial charge < -0.3 is 19.1 Å². The van der Waals surface area contributed by atoms with Crippen LogP contribution in [0, 0.1) is 13.8 Å². The number of nitrogens with zero attached hydrogens (tertiary/aromatic N) is 3. The van der Waals surface area contributed by atoms with Crippen LogP contribution in [0.2, 0.25) is 0 Å². The molecule has 2 unspecified atom stereocenters. The van der Waals surface area contributed by atoms with Crippen LogP contribution < -0.4 is 31.3 Å². The molecule has 2 atom stereocenters. The topological polar surface area (TPSA) is 22.9 Å². The van der Waals surface area contributed by atoms with E-state index in [4.69, 9.17) is 4.42 Å². The Morgan fingerprint density at radius 2 is 0.830 bits per heavy atom. The van der Waals surface area contributed by atoms with Gasteiger partial charge in [-0.25, -0.2) is 0 Å². The van der Waals surface area contributed by atoms with Crippen LogP contribution in [0.1, 0.15) is 263 Å². The second-order valence-corrected chi connectivity index (χ2v) is 36.6. The van der Waals surface area contributed by atoms with Crippen molar-refractivity contribution in [1.82, 2.24) is 0 Å². The molecule has 456 valence electrons. The van der Waals surface area contributed by atoms with E-state index >= 15 is 0 Å². The van der Waals surface area contributed by atoms with Gasteiger partial charge in [0.25, 0.3) is 6.71 Å². The van der Waals surface area contributed by atoms with Gasteiger partial charge >= 0.3 is 0 Å². The summed E-state index contributed by atoms with van der Waals surface area (Å²) in [4.78, 5) is 8.53. The number of hydrogen-bond acceptors (Lipinski definition) is 5. The van der Waals surface area contributed by atoms with E-state index in [0.717, 1.165) is 43.3 Å². The maximum absolute atomic E-state index is 8.11. The average molecular weight is 1180 g/mol. The molecule has 8 aliphatic rings. The Kier molecular flexibility index (Phi) is 11.5. The van der Waals surface area contributed by atoms with E-state index in [1.54, 1.807) is 0 Å². The van der Waals surface area contributed by atoms with Crippen molar-refractivity contribution >= 4 is 101 Å². The van der Waals surface area contributed by atoms with Gasteiger partial charge in [0.2, 0.25) is 0 Å². The number of para-hydroxylation sites is 1. The summed E-state index contributed by atoms with van der Waals surface area (Å²) in [6, 6.07) is 36.2. The summed E-state index contributed by atoms with van der Waals surface area (Å²) in [7, 11) is 0. The first kappa shape index (κ1) is 57.4. The van der Waals surface area contributed by atoms with Gasteiger partial charge in [0.15, 0.2) is 0 Å². The highest BCUT2D eigenvalue weighted by Crippen LogP contribution is 2.64. The molecule has 88 heavy (non-hydrogen) atoms. The van der Waals surface area contributed by atoms with Gasteiger partial charge in [0.05, 0.1) is 27.6 Å². The first-order valence-electron chi connectivity index (χ1n) is 34.3. The molecule has 0 amide bonds. The Hall–Kier alpha value is -5.72. The lowest BCUT2D eigenvalue weighted by Crippen LogP contribution is -2.61. The van der Waals surface area contributed by atoms with E-state index in [1.807, 2.05) is 0 Å². The molecule has 1 saturated carbocycles. The molecule has 16 rings (SSSR count). The van der Waals surface area contributed by atoms with E-state index in [1.165, 1.54) is 177 Å². The molecular weight excluding hydrogens is 1090 g/mol. The van der Waals surface area contributed by atoms with Crippen molar-refractivity contribution in [3.8, 4) is 0 Å². The fourth-order valence-corrected chi connectivity index (χ4v) is 21.0. The van der Waals surface area contributed by atoms with Gasteiger partial charge in [-0.3, -0.25) is 0 Å². The molecule has 5 heterocycles. The van der Waals surface area contributed by atoms with Crippen LogP contribution in [0.15, 0.2) is 89.3 Å². The van der Waals surface area contributed by atoms with Gasteiger partial charge in [-0.1, -0.05) is 161 Å². The zero-order valence-electron chi connectivity index (χ0n) is 57.3. The molecule has 4 nitrogen and oxygen atoms in total. The number of rotatable bonds is 3. The molecule has 1 fully saturated rings. The summed E-state index contributed by atoms with van der Waals surface area (Å²) in [6.45, 7) is 50.0. The Morgan fingerprint density at radius 1 is 0.398 bits per heavy atom. The molecule has 0 bridgehead atoms. The summed E-state index contributed by atoms with van der Waals surface area (Å²) in [6.07, 6.45) is 14.1. The second kappa shape index (κ2) is 17.7. The molecule has 6 aromatic carbocycles. The maximum atomic E-state index is 8.11. The van der Waals surface area contributed by atoms with Crippen LogP contribution in [0.25, 0.3) is 21.1 Å². The van der Waals surface area contributed by atoms with E-state index in [9.17, 15) is 0 Å². The zero-order chi connectivity index (χ0) is 62.1. The minimum absolute atomic E-state index is 0.00176. The smallest absolute Gasteiger partial charge is 0.298 e. The third-order valence-electron chi connectivity index (χ3n) is 26.3. The third kappa shape index (κ3) is 7.51. The van der Waals surface area contributed by atoms with Crippen LogP contribution in [0.4, 0.5) is 44.8 Å². The Labute approximate surface area is 532 Å². The van der Waals surface area contributed by atoms with Crippen molar-refractivity contribution in [1.29, 1.82) is 0 Å². The number of hydrogen-bond donors (Lipinski definition) is 0. The van der Waals surface area contributed by atoms with Gasteiger partial charge in [-0.15, -0.1) is 11.3 Å². The largest absolute Gasteiger partial charge is 0.468 e. The highest BCUT2D eigenvalue weighted by Gasteiger charge is 2.59. The average Bonchev–Trinajstić information content (AvgIpc) is 1.38. The van der Waals surface area contributed by atoms with Crippen LogP contribution in [-0.4, -0.2) is 12.3 Å². The second-order valence-electron chi connectivity index (χ2n) is 35.5. The van der Waals surface area contributed by atoms with E-state index in [2.05, 4.69) is 249 Å². The minimum Gasteiger partial charge on any atom is -0.468 e. The predicted octanol–water partition coefficient (Wildman–Crippen LogP) is 21.5. The predicted molar refractivity (Wildman–Crippen MR) is 379 cm³/mol. The Balaban J connectivity index is 1.10. The van der Waals surface area contributed by atoms with Gasteiger partial charge in [0.1, 0.15) is 5.58 Å². The first-order chi connectivity index (χ1) is 41.1. The summed E-state index contributed by atoms with van der Waals surface area (Å²) < 4.78 is 9.50. The van der Waals surface area contributed by atoms with Crippen LogP contribution in [0.5, 0.6) is 0 Å². The molecule has 6 heteroatoms. The molecular formula is C82H98BN3OS. The minimum atomic E-state index is -0.184. The van der Waals surface area contributed by atoms with Gasteiger partial charge in [-0.2, -0.15) is 0 Å². The number of fused-ring (bicyclic) bond motifs is 15. The van der Waals surface area contributed by atoms with Crippen molar-refractivity contribution in [2.24, 2.45) is 0 Å². The number of thiophene rings is 1. The highest BCUT2D eigenvalue weighted by molar-refractivity contribution is 7.26. The summed E-state index contributed by atoms with van der Waals surface area (Å²) >= 11 is 2.05. The van der Waals surface area contributed by atoms with Crippen LogP contribution in [-0.2, 0) is 48.7 Å². The number of furan rings is 1. The fraction of sp³-hybridized carbons (Fsp3) is 0.512. The van der Waals surface area contributed by atoms with Crippen LogP contribution in [0.3, 0.4) is 0 Å². The van der Waals surface area contributed by atoms with Gasteiger partial charge in [-0.05, 0) is 260 Å². The highest BCUT2D eigenvalue weighted by atomic mass is 32.1. The lowest BCUT2D eigenvalue weighted by Gasteiger charge is -2.51. The van der Waals surface area contributed by atoms with E-state index in [-0.39, 0.29) is 61.0 Å². The van der Waals surface area contributed by atoms with Crippen molar-refractivity contribution < 1.29 is 4.42 Å². The molecule has 5 aliphatic carbocycles. The lowest BCUT2D eigenvalue weighted by atomic mass is 9.35. The van der Waals surface area contributed by atoms with Gasteiger partial charge in [0, 0.05) is 43.9 Å². The summed E-state index contributed by atoms with van der Waals surface area (Å²) in [5, 5.41) is 3.98. The van der Waals surface area contributed by atoms with E-state index in [0.29, 0.717) is 0 Å². The normalized spacial score (nSPS) is 25.5. The summed E-state index contributed by atoms with van der Waals surface area (Å²) in [5.41, 5.74) is 30.2. The molecule has 2 aromatic heterocycles. The van der Waals surface area contributed by atoms with Crippen molar-refractivity contribution in [2.45, 2.75) is 270 Å². The first-order valence-corrected chi connectivity index (χ1v) is 35.1.